The van der Waals surface area contributed by atoms with Gasteiger partial charge in [-0.1, -0.05) is 0 Å². The van der Waals surface area contributed by atoms with E-state index in [1.807, 2.05) is 0 Å². The zero-order valence-corrected chi connectivity index (χ0v) is 8.82. The lowest BCUT2D eigenvalue weighted by Crippen LogP contribution is -2.00. The molecule has 1 heterocycles. The number of benzene rings is 1. The van der Waals surface area contributed by atoms with Crippen LogP contribution in [-0.2, 0) is 7.05 Å². The third-order valence-electron chi connectivity index (χ3n) is 2.52. The van der Waals surface area contributed by atoms with Gasteiger partial charge in [0.2, 0.25) is 5.88 Å². The summed E-state index contributed by atoms with van der Waals surface area (Å²) >= 11 is 0. The van der Waals surface area contributed by atoms with Crippen molar-refractivity contribution in [2.45, 2.75) is 0 Å². The molecule has 4 nitrogen and oxygen atoms in total. The van der Waals surface area contributed by atoms with Crippen molar-refractivity contribution in [3.8, 4) is 5.88 Å². The third kappa shape index (κ3) is 1.32. The number of aromatic nitrogens is 1. The number of rotatable bonds is 2. The first-order valence-corrected chi connectivity index (χ1v) is 4.61. The van der Waals surface area contributed by atoms with Crippen LogP contribution in [0, 0.1) is 5.82 Å². The molecule has 0 aliphatic carbocycles. The maximum atomic E-state index is 13.1. The summed E-state index contributed by atoms with van der Waals surface area (Å²) in [6, 6.07) is 4.01. The Morgan fingerprint density at radius 2 is 2.19 bits per heavy atom. The largest absolute Gasteiger partial charge is 0.482 e. The summed E-state index contributed by atoms with van der Waals surface area (Å²) < 4.78 is 19.7. The first kappa shape index (κ1) is 10.5. The molecule has 0 unspecified atom stereocenters. The van der Waals surface area contributed by atoms with E-state index in [1.54, 1.807) is 11.6 Å². The summed E-state index contributed by atoms with van der Waals surface area (Å²) in [4.78, 5) is 11.1. The number of carbonyl (C=O) groups is 1. The molecule has 0 spiro atoms. The van der Waals surface area contributed by atoms with Crippen LogP contribution in [0.2, 0.25) is 0 Å². The Morgan fingerprint density at radius 1 is 1.50 bits per heavy atom. The quantitative estimate of drug-likeness (QED) is 0.847. The summed E-state index contributed by atoms with van der Waals surface area (Å²) in [5.41, 5.74) is 0.607. The Labute approximate surface area is 90.9 Å². The molecule has 0 saturated carbocycles. The second kappa shape index (κ2) is 3.52. The van der Waals surface area contributed by atoms with Gasteiger partial charge in [0, 0.05) is 12.4 Å². The zero-order valence-electron chi connectivity index (χ0n) is 8.82. The molecular weight excluding hydrogens is 213 g/mol. The van der Waals surface area contributed by atoms with Crippen molar-refractivity contribution in [3.05, 3.63) is 29.6 Å². The van der Waals surface area contributed by atoms with E-state index in [4.69, 9.17) is 9.84 Å². The van der Waals surface area contributed by atoms with Gasteiger partial charge in [0.1, 0.15) is 11.4 Å². The number of carboxylic acids is 1. The van der Waals surface area contributed by atoms with Gasteiger partial charge < -0.3 is 14.4 Å². The summed E-state index contributed by atoms with van der Waals surface area (Å²) in [6.45, 7) is 0. The standard InChI is InChI=1S/C11H10FNO3/c1-13-8-4-3-6(12)5-7(8)9(11(14)15)10(13)16-2/h3-5H,1-2H3,(H,14,15). The molecule has 1 aromatic heterocycles. The monoisotopic (exact) mass is 223 g/mol. The highest BCUT2D eigenvalue weighted by Gasteiger charge is 2.21. The van der Waals surface area contributed by atoms with E-state index in [2.05, 4.69) is 0 Å². The Kier molecular flexibility index (Phi) is 2.30. The van der Waals surface area contributed by atoms with Crippen molar-refractivity contribution < 1.29 is 19.0 Å². The lowest BCUT2D eigenvalue weighted by atomic mass is 10.1. The van der Waals surface area contributed by atoms with Crippen molar-refractivity contribution in [1.82, 2.24) is 4.57 Å². The van der Waals surface area contributed by atoms with Gasteiger partial charge in [-0.15, -0.1) is 0 Å². The maximum absolute atomic E-state index is 13.1. The van der Waals surface area contributed by atoms with Crippen LogP contribution in [0.5, 0.6) is 5.88 Å². The van der Waals surface area contributed by atoms with Gasteiger partial charge in [-0.3, -0.25) is 0 Å². The van der Waals surface area contributed by atoms with Gasteiger partial charge in [-0.05, 0) is 18.2 Å². The first-order valence-electron chi connectivity index (χ1n) is 4.61. The van der Waals surface area contributed by atoms with Crippen LogP contribution in [-0.4, -0.2) is 22.8 Å². The molecule has 2 rings (SSSR count). The van der Waals surface area contributed by atoms with Crippen molar-refractivity contribution >= 4 is 16.9 Å². The topological polar surface area (TPSA) is 51.5 Å². The van der Waals surface area contributed by atoms with Gasteiger partial charge in [0.05, 0.1) is 12.6 Å². The highest BCUT2D eigenvalue weighted by atomic mass is 19.1. The van der Waals surface area contributed by atoms with Crippen LogP contribution in [0.25, 0.3) is 10.9 Å². The number of hydrogen-bond donors (Lipinski definition) is 1. The first-order chi connectivity index (χ1) is 7.56. The average molecular weight is 223 g/mol. The molecule has 2 aromatic rings. The lowest BCUT2D eigenvalue weighted by Gasteiger charge is -2.02. The van der Waals surface area contributed by atoms with Crippen molar-refractivity contribution in [1.29, 1.82) is 0 Å². The fraction of sp³-hybridized carbons (Fsp3) is 0.182. The highest BCUT2D eigenvalue weighted by Crippen LogP contribution is 2.31. The minimum Gasteiger partial charge on any atom is -0.482 e. The molecule has 1 N–H and O–H groups in total. The number of carboxylic acid groups (broad SMARTS) is 1. The van der Waals surface area contributed by atoms with Crippen molar-refractivity contribution in [2.24, 2.45) is 7.05 Å². The molecule has 5 heteroatoms. The highest BCUT2D eigenvalue weighted by molar-refractivity contribution is 6.06. The van der Waals surface area contributed by atoms with Gasteiger partial charge in [-0.2, -0.15) is 0 Å². The molecule has 1 aromatic carbocycles. The van der Waals surface area contributed by atoms with E-state index >= 15 is 0 Å². The number of aromatic carboxylic acids is 1. The minimum atomic E-state index is -1.13. The molecule has 0 fully saturated rings. The van der Waals surface area contributed by atoms with Crippen LogP contribution in [0.3, 0.4) is 0 Å². The Hall–Kier alpha value is -2.04. The van der Waals surface area contributed by atoms with E-state index < -0.39 is 11.8 Å². The van der Waals surface area contributed by atoms with Crippen LogP contribution in [0.1, 0.15) is 10.4 Å². The van der Waals surface area contributed by atoms with E-state index in [-0.39, 0.29) is 11.4 Å². The number of fused-ring (bicyclic) bond motifs is 1. The molecule has 0 amide bonds. The maximum Gasteiger partial charge on any atom is 0.341 e. The number of nitrogens with zero attached hydrogens (tertiary/aromatic N) is 1. The number of halogens is 1. The second-order valence-corrected chi connectivity index (χ2v) is 3.41. The molecule has 0 radical (unpaired) electrons. The average Bonchev–Trinajstić information content (AvgIpc) is 2.50. The smallest absolute Gasteiger partial charge is 0.341 e. The van der Waals surface area contributed by atoms with Crippen LogP contribution in [0.4, 0.5) is 4.39 Å². The molecule has 0 saturated heterocycles. The summed E-state index contributed by atoms with van der Waals surface area (Å²) in [5.74, 6) is -1.38. The van der Waals surface area contributed by atoms with Gasteiger partial charge >= 0.3 is 5.97 Å². The van der Waals surface area contributed by atoms with E-state index in [1.165, 1.54) is 25.3 Å². The summed E-state index contributed by atoms with van der Waals surface area (Å²) in [7, 11) is 3.06. The fourth-order valence-electron chi connectivity index (χ4n) is 1.84. The zero-order chi connectivity index (χ0) is 11.9. The van der Waals surface area contributed by atoms with Crippen LogP contribution in [0.15, 0.2) is 18.2 Å². The Balaban J connectivity index is 2.92. The molecule has 16 heavy (non-hydrogen) atoms. The van der Waals surface area contributed by atoms with E-state index in [0.29, 0.717) is 10.9 Å². The predicted molar refractivity (Wildman–Crippen MR) is 56.4 cm³/mol. The Bertz CT molecular complexity index is 574. The van der Waals surface area contributed by atoms with Gasteiger partial charge in [0.25, 0.3) is 0 Å². The van der Waals surface area contributed by atoms with Gasteiger partial charge in [-0.25, -0.2) is 9.18 Å². The minimum absolute atomic E-state index is 0.0144. The molecule has 0 bridgehead atoms. The fourth-order valence-corrected chi connectivity index (χ4v) is 1.84. The Morgan fingerprint density at radius 3 is 2.75 bits per heavy atom. The van der Waals surface area contributed by atoms with Crippen molar-refractivity contribution in [3.63, 3.8) is 0 Å². The lowest BCUT2D eigenvalue weighted by molar-refractivity contribution is 0.0695. The van der Waals surface area contributed by atoms with Crippen LogP contribution < -0.4 is 4.74 Å². The molecular formula is C11H10FNO3. The molecule has 0 aliphatic heterocycles. The third-order valence-corrected chi connectivity index (χ3v) is 2.52. The normalized spacial score (nSPS) is 10.7. The number of ether oxygens (including phenoxy) is 1. The van der Waals surface area contributed by atoms with E-state index in [9.17, 15) is 9.18 Å². The van der Waals surface area contributed by atoms with Crippen LogP contribution >= 0.6 is 0 Å². The summed E-state index contributed by atoms with van der Waals surface area (Å²) in [5, 5.41) is 9.42. The SMILES string of the molecule is COc1c(C(=O)O)c2cc(F)ccc2n1C. The molecule has 0 atom stereocenters. The van der Waals surface area contributed by atoms with E-state index in [0.717, 1.165) is 0 Å². The summed E-state index contributed by atoms with van der Waals surface area (Å²) in [6.07, 6.45) is 0. The number of aryl methyl sites for hydroxylation is 1. The van der Waals surface area contributed by atoms with Crippen molar-refractivity contribution in [2.75, 3.05) is 7.11 Å². The van der Waals surface area contributed by atoms with Gasteiger partial charge in [0.15, 0.2) is 0 Å². The molecule has 0 aliphatic rings. The molecule has 84 valence electrons. The predicted octanol–water partition coefficient (Wildman–Crippen LogP) is 2.02. The number of methoxy groups -OCH3 is 1. The second-order valence-electron chi connectivity index (χ2n) is 3.41. The number of hydrogen-bond acceptors (Lipinski definition) is 2.